The molecule has 0 aliphatic heterocycles. The van der Waals surface area contributed by atoms with Crippen LogP contribution in [-0.2, 0) is 0 Å². The maximum atomic E-state index is 9.82. The Labute approximate surface area is 299 Å². The number of para-hydroxylation sites is 2. The molecule has 0 fully saturated rings. The average molecular weight is 665 g/mol. The number of nitriles is 1. The third-order valence-electron chi connectivity index (χ3n) is 9.80. The van der Waals surface area contributed by atoms with Crippen molar-refractivity contribution in [2.24, 2.45) is 0 Å². The Balaban J connectivity index is 1.28. The van der Waals surface area contributed by atoms with E-state index < -0.39 is 0 Å². The Morgan fingerprint density at radius 1 is 0.481 bits per heavy atom. The molecular weight excluding hydrogens is 637 g/mol. The predicted octanol–water partition coefficient (Wildman–Crippen LogP) is 12.0. The summed E-state index contributed by atoms with van der Waals surface area (Å²) < 4.78 is 8.88. The number of hydrogen-bond donors (Lipinski definition) is 0. The van der Waals surface area contributed by atoms with Gasteiger partial charge >= 0.3 is 0 Å². The largest absolute Gasteiger partial charge is 0.455 e. The van der Waals surface area contributed by atoms with Gasteiger partial charge < -0.3 is 8.98 Å². The normalized spacial score (nSPS) is 11.4. The fourth-order valence-corrected chi connectivity index (χ4v) is 7.41. The molecule has 52 heavy (non-hydrogen) atoms. The molecule has 3 aromatic heterocycles. The molecule has 0 spiro atoms. The van der Waals surface area contributed by atoms with Crippen molar-refractivity contribution in [1.82, 2.24) is 14.5 Å². The summed E-state index contributed by atoms with van der Waals surface area (Å²) in [6.45, 7) is 0. The summed E-state index contributed by atoms with van der Waals surface area (Å²) in [5, 5.41) is 14.2. The molecule has 10 aromatic rings. The van der Waals surface area contributed by atoms with Crippen LogP contribution in [0.5, 0.6) is 0 Å². The van der Waals surface area contributed by atoms with Gasteiger partial charge in [0.25, 0.3) is 0 Å². The lowest BCUT2D eigenvalue weighted by molar-refractivity contribution is 0.673. The first-order valence-electron chi connectivity index (χ1n) is 17.2. The molecular formula is C47H28N4O. The van der Waals surface area contributed by atoms with Crippen LogP contribution in [0.2, 0.25) is 0 Å². The van der Waals surface area contributed by atoms with Crippen LogP contribution in [0.25, 0.3) is 94.5 Å². The minimum absolute atomic E-state index is 0.599. The molecule has 0 unspecified atom stereocenters. The summed E-state index contributed by atoms with van der Waals surface area (Å²) in [4.78, 5) is 10.4. The molecule has 0 amide bonds. The van der Waals surface area contributed by atoms with Crippen LogP contribution >= 0.6 is 0 Å². The zero-order valence-electron chi connectivity index (χ0n) is 27.9. The van der Waals surface area contributed by atoms with Gasteiger partial charge in [-0.2, -0.15) is 5.26 Å². The van der Waals surface area contributed by atoms with Crippen molar-refractivity contribution in [3.63, 3.8) is 0 Å². The van der Waals surface area contributed by atoms with Crippen molar-refractivity contribution < 1.29 is 4.42 Å². The van der Waals surface area contributed by atoms with Gasteiger partial charge in [0.2, 0.25) is 0 Å². The SMILES string of the molecule is N#Cc1cccc(-c2cc(-c3nc(-c4ccccc4)cc(-c4ccccc4)n3)cc(-n3c4ccccc4c4c5oc6ccccc6c5ccc43)c2)c1. The van der Waals surface area contributed by atoms with Crippen molar-refractivity contribution in [3.05, 3.63) is 175 Å². The Morgan fingerprint density at radius 2 is 1.13 bits per heavy atom. The first kappa shape index (κ1) is 29.6. The van der Waals surface area contributed by atoms with Gasteiger partial charge in [-0.05, 0) is 71.8 Å². The summed E-state index contributed by atoms with van der Waals surface area (Å²) in [5.74, 6) is 0.611. The van der Waals surface area contributed by atoms with Crippen LogP contribution in [0.3, 0.4) is 0 Å². The fourth-order valence-electron chi connectivity index (χ4n) is 7.41. The van der Waals surface area contributed by atoms with E-state index in [0.717, 1.165) is 88.6 Å². The maximum absolute atomic E-state index is 9.82. The molecule has 242 valence electrons. The van der Waals surface area contributed by atoms with Crippen LogP contribution in [0.1, 0.15) is 5.56 Å². The van der Waals surface area contributed by atoms with Gasteiger partial charge in [0, 0.05) is 38.5 Å². The van der Waals surface area contributed by atoms with E-state index in [-0.39, 0.29) is 0 Å². The minimum Gasteiger partial charge on any atom is -0.455 e. The summed E-state index contributed by atoms with van der Waals surface area (Å²) in [6.07, 6.45) is 0. The molecule has 7 aromatic carbocycles. The zero-order valence-corrected chi connectivity index (χ0v) is 27.9. The van der Waals surface area contributed by atoms with Gasteiger partial charge in [-0.15, -0.1) is 0 Å². The Hall–Kier alpha value is -7.29. The maximum Gasteiger partial charge on any atom is 0.160 e. The first-order valence-corrected chi connectivity index (χ1v) is 17.2. The topological polar surface area (TPSA) is 67.6 Å². The van der Waals surface area contributed by atoms with Crippen LogP contribution in [-0.4, -0.2) is 14.5 Å². The molecule has 0 saturated heterocycles. The molecule has 0 radical (unpaired) electrons. The van der Waals surface area contributed by atoms with Crippen LogP contribution in [0.15, 0.2) is 174 Å². The molecule has 0 bridgehead atoms. The highest BCUT2D eigenvalue weighted by Gasteiger charge is 2.20. The second-order valence-corrected chi connectivity index (χ2v) is 12.9. The van der Waals surface area contributed by atoms with Gasteiger partial charge in [-0.3, -0.25) is 0 Å². The van der Waals surface area contributed by atoms with Crippen LogP contribution in [0.4, 0.5) is 0 Å². The van der Waals surface area contributed by atoms with E-state index in [9.17, 15) is 5.26 Å². The van der Waals surface area contributed by atoms with Crippen molar-refractivity contribution >= 4 is 43.7 Å². The number of nitrogens with zero attached hydrogens (tertiary/aromatic N) is 4. The third kappa shape index (κ3) is 4.86. The van der Waals surface area contributed by atoms with Crippen molar-refractivity contribution in [3.8, 4) is 56.8 Å². The van der Waals surface area contributed by atoms with Gasteiger partial charge in [0.15, 0.2) is 5.82 Å². The predicted molar refractivity (Wildman–Crippen MR) is 210 cm³/mol. The van der Waals surface area contributed by atoms with Crippen molar-refractivity contribution in [1.29, 1.82) is 5.26 Å². The van der Waals surface area contributed by atoms with E-state index in [0.29, 0.717) is 11.4 Å². The van der Waals surface area contributed by atoms with Crippen LogP contribution < -0.4 is 0 Å². The molecule has 0 saturated carbocycles. The second kappa shape index (κ2) is 11.9. The third-order valence-corrected chi connectivity index (χ3v) is 9.80. The van der Waals surface area contributed by atoms with Gasteiger partial charge in [0.1, 0.15) is 11.2 Å². The second-order valence-electron chi connectivity index (χ2n) is 12.9. The number of benzene rings is 7. The Bertz CT molecular complexity index is 2970. The van der Waals surface area contributed by atoms with Gasteiger partial charge in [-0.25, -0.2) is 9.97 Å². The quantitative estimate of drug-likeness (QED) is 0.184. The molecule has 5 heteroatoms. The minimum atomic E-state index is 0.599. The Kier molecular flexibility index (Phi) is 6.80. The Morgan fingerprint density at radius 3 is 1.88 bits per heavy atom. The fraction of sp³-hybridized carbons (Fsp3) is 0. The molecule has 5 nitrogen and oxygen atoms in total. The molecule has 0 atom stereocenters. The monoisotopic (exact) mass is 664 g/mol. The number of furan rings is 1. The molecule has 0 aliphatic carbocycles. The van der Waals surface area contributed by atoms with Gasteiger partial charge in [0.05, 0.1) is 39.4 Å². The van der Waals surface area contributed by atoms with E-state index in [2.05, 4.69) is 108 Å². The number of hydrogen-bond acceptors (Lipinski definition) is 4. The molecule has 10 rings (SSSR count). The van der Waals surface area contributed by atoms with Crippen molar-refractivity contribution in [2.75, 3.05) is 0 Å². The lowest BCUT2D eigenvalue weighted by atomic mass is 9.99. The van der Waals surface area contributed by atoms with Crippen LogP contribution in [0, 0.1) is 11.3 Å². The van der Waals surface area contributed by atoms with E-state index in [4.69, 9.17) is 14.4 Å². The summed E-state index contributed by atoms with van der Waals surface area (Å²) in [6, 6.07) is 60.1. The lowest BCUT2D eigenvalue weighted by Gasteiger charge is -2.15. The molecule has 0 aliphatic rings. The van der Waals surface area contributed by atoms with Gasteiger partial charge in [-0.1, -0.05) is 109 Å². The number of rotatable bonds is 5. The molecule has 3 heterocycles. The standard InChI is InChI=1S/C47H28N4O/c48-29-30-12-11-17-33(24-30)34-25-35(47-49-40(31-13-3-1-4-14-31)28-41(50-47)32-15-5-2-6-16-32)27-36(26-34)51-42-20-9-7-19-39(42)45-43(51)23-22-38-37-18-8-10-21-44(37)52-46(38)45/h1-28H. The summed E-state index contributed by atoms with van der Waals surface area (Å²) >= 11 is 0. The van der Waals surface area contributed by atoms with E-state index in [1.165, 1.54) is 0 Å². The van der Waals surface area contributed by atoms with E-state index >= 15 is 0 Å². The molecule has 0 N–H and O–H groups in total. The number of fused-ring (bicyclic) bond motifs is 7. The zero-order chi connectivity index (χ0) is 34.6. The first-order chi connectivity index (χ1) is 25.7. The van der Waals surface area contributed by atoms with E-state index in [1.807, 2.05) is 72.8 Å². The smallest absolute Gasteiger partial charge is 0.160 e. The van der Waals surface area contributed by atoms with E-state index in [1.54, 1.807) is 0 Å². The highest BCUT2D eigenvalue weighted by atomic mass is 16.3. The highest BCUT2D eigenvalue weighted by molar-refractivity contribution is 6.23. The highest BCUT2D eigenvalue weighted by Crippen LogP contribution is 2.42. The number of aromatic nitrogens is 3. The summed E-state index contributed by atoms with van der Waals surface area (Å²) in [7, 11) is 0. The summed E-state index contributed by atoms with van der Waals surface area (Å²) in [5.41, 5.74) is 11.8. The lowest BCUT2D eigenvalue weighted by Crippen LogP contribution is -1.99. The van der Waals surface area contributed by atoms with Crippen molar-refractivity contribution in [2.45, 2.75) is 0 Å². The average Bonchev–Trinajstić information content (AvgIpc) is 3.77.